The van der Waals surface area contributed by atoms with Crippen LogP contribution in [0.1, 0.15) is 49.4 Å². The van der Waals surface area contributed by atoms with Crippen LogP contribution >= 0.6 is 11.3 Å². The highest BCUT2D eigenvalue weighted by Crippen LogP contribution is 2.43. The Hall–Kier alpha value is -3.96. The number of aliphatic imine (C=N–C) groups is 1. The molecule has 0 unspecified atom stereocenters. The van der Waals surface area contributed by atoms with Gasteiger partial charge in [-0.05, 0) is 51.3 Å². The van der Waals surface area contributed by atoms with Gasteiger partial charge >= 0.3 is 24.3 Å². The van der Waals surface area contributed by atoms with Gasteiger partial charge in [0, 0.05) is 30.4 Å². The van der Waals surface area contributed by atoms with Crippen molar-refractivity contribution in [2.75, 3.05) is 32.8 Å². The number of amides is 1. The predicted octanol–water partition coefficient (Wildman–Crippen LogP) is 4.01. The molecule has 11 nitrogen and oxygen atoms in total. The fraction of sp³-hybridized carbons (Fsp3) is 0.516. The molecule has 1 amide bonds. The number of nitrogens with one attached hydrogen (secondary N) is 1. The summed E-state index contributed by atoms with van der Waals surface area (Å²) < 4.78 is 79.5. The summed E-state index contributed by atoms with van der Waals surface area (Å²) in [6.07, 6.45) is -2.18. The molecule has 2 N–H and O–H groups in total. The number of ether oxygens (including phenoxy) is 1. The number of rotatable bonds is 11. The molecule has 4 heterocycles. The Balaban J connectivity index is 1.57. The number of hydrazine groups is 1. The van der Waals surface area contributed by atoms with Crippen molar-refractivity contribution < 1.29 is 46.2 Å². The number of fused-ring (bicyclic) bond motifs is 1. The van der Waals surface area contributed by atoms with E-state index in [1.165, 1.54) is 55.3 Å². The second kappa shape index (κ2) is 13.5. The lowest BCUT2D eigenvalue weighted by Gasteiger charge is -2.35. The molecule has 2 fully saturated rings. The number of halogens is 5. The van der Waals surface area contributed by atoms with Crippen LogP contribution in [0, 0.1) is 18.2 Å². The van der Waals surface area contributed by atoms with E-state index in [9.17, 15) is 32.7 Å². The molecular weight excluding hydrogens is 663 g/mol. The number of carboxylic acid groups (broad SMARTS) is 1. The number of benzene rings is 1. The van der Waals surface area contributed by atoms with E-state index in [0.717, 1.165) is 5.01 Å². The Morgan fingerprint density at radius 2 is 1.98 bits per heavy atom. The summed E-state index contributed by atoms with van der Waals surface area (Å²) in [5.41, 5.74) is -0.811. The first-order valence-corrected chi connectivity index (χ1v) is 16.1. The maximum Gasteiger partial charge on any atom is 0.338 e. The van der Waals surface area contributed by atoms with Gasteiger partial charge in [-0.25, -0.2) is 28.0 Å². The quantitative estimate of drug-likeness (QED) is 0.265. The summed E-state index contributed by atoms with van der Waals surface area (Å²) in [6, 6.07) is 0.236. The monoisotopic (exact) mass is 698 g/mol. The normalized spacial score (nSPS) is 22.9. The van der Waals surface area contributed by atoms with E-state index >= 15 is 8.78 Å². The summed E-state index contributed by atoms with van der Waals surface area (Å²) in [6.45, 7) is 3.66. The number of hydrogen-bond acceptors (Lipinski definition) is 10. The molecule has 0 saturated carbocycles. The number of esters is 1. The SMILES string of the molecule is CCOC(=O)C1=C(CN2CC(F)(F)[C@H]3[C@@H]2CN(C(=O)C(F)F)N3CCC(C)(C)C(=O)O)NC(c2nccs2)=N[C@H]1c1cccc(F)c1C. The van der Waals surface area contributed by atoms with Crippen LogP contribution < -0.4 is 5.32 Å². The molecule has 1 aromatic carbocycles. The number of alkyl halides is 4. The molecule has 48 heavy (non-hydrogen) atoms. The number of nitrogens with zero attached hydrogens (tertiary/aromatic N) is 5. The summed E-state index contributed by atoms with van der Waals surface area (Å²) >= 11 is 1.22. The largest absolute Gasteiger partial charge is 0.481 e. The van der Waals surface area contributed by atoms with Gasteiger partial charge in [0.2, 0.25) is 0 Å². The van der Waals surface area contributed by atoms with E-state index in [0.29, 0.717) is 15.6 Å². The average molecular weight is 699 g/mol. The van der Waals surface area contributed by atoms with E-state index in [2.05, 4.69) is 10.3 Å². The number of carbonyl (C=O) groups excluding carboxylic acids is 2. The lowest BCUT2D eigenvalue weighted by Crippen LogP contribution is -2.53. The summed E-state index contributed by atoms with van der Waals surface area (Å²) in [5.74, 6) is -7.62. The van der Waals surface area contributed by atoms with Crippen molar-refractivity contribution in [2.24, 2.45) is 10.4 Å². The van der Waals surface area contributed by atoms with Crippen molar-refractivity contribution in [1.82, 2.24) is 25.2 Å². The van der Waals surface area contributed by atoms with E-state index in [4.69, 9.17) is 9.73 Å². The van der Waals surface area contributed by atoms with Gasteiger partial charge in [0.05, 0.1) is 36.7 Å². The van der Waals surface area contributed by atoms with Crippen LogP contribution in [0.25, 0.3) is 0 Å². The minimum Gasteiger partial charge on any atom is -0.481 e. The zero-order valence-corrected chi connectivity index (χ0v) is 27.4. The van der Waals surface area contributed by atoms with Crippen LogP contribution in [0.4, 0.5) is 22.0 Å². The summed E-state index contributed by atoms with van der Waals surface area (Å²) in [5, 5.41) is 16.1. The highest BCUT2D eigenvalue weighted by Gasteiger charge is 2.63. The van der Waals surface area contributed by atoms with Gasteiger partial charge < -0.3 is 15.2 Å². The molecule has 0 spiro atoms. The zero-order chi connectivity index (χ0) is 35.1. The number of likely N-dealkylation sites (tertiary alicyclic amines) is 1. The number of aliphatic carboxylic acids is 1. The minimum atomic E-state index is -3.54. The maximum atomic E-state index is 16.0. The van der Waals surface area contributed by atoms with Crippen LogP contribution in [0.3, 0.4) is 0 Å². The molecular formula is C31H35F5N6O5S. The van der Waals surface area contributed by atoms with Crippen molar-refractivity contribution in [2.45, 2.75) is 64.6 Å². The zero-order valence-electron chi connectivity index (χ0n) is 26.6. The molecule has 17 heteroatoms. The van der Waals surface area contributed by atoms with Crippen LogP contribution in [0.15, 0.2) is 46.0 Å². The standard InChI is InChI=1S/C31H35F5N6O5S/c1-5-47-28(44)21-19(38-25(26-37-10-12-48-26)39-22(21)17-7-6-8-18(32)16(17)2)13-40-15-31(35,36)23-20(40)14-42(27(43)24(33)34)41(23)11-9-30(3,4)29(45)46/h6-8,10,12,20,22-24H,5,9,11,13-15H2,1-4H3,(H,38,39)(H,45,46)/t20-,22-,23+/m0/s1. The van der Waals surface area contributed by atoms with E-state index < -0.39 is 79.2 Å². The lowest BCUT2D eigenvalue weighted by atomic mass is 9.89. The molecule has 2 aromatic rings. The van der Waals surface area contributed by atoms with Gasteiger partial charge in [-0.3, -0.25) is 24.5 Å². The second-order valence-electron chi connectivity index (χ2n) is 12.4. The number of carbonyl (C=O) groups is 3. The topological polar surface area (TPSA) is 128 Å². The second-order valence-corrected chi connectivity index (χ2v) is 13.3. The van der Waals surface area contributed by atoms with Crippen molar-refractivity contribution in [3.8, 4) is 0 Å². The molecule has 0 radical (unpaired) electrons. The Kier molecular flexibility index (Phi) is 9.95. The minimum absolute atomic E-state index is 0.0354. The highest BCUT2D eigenvalue weighted by atomic mass is 32.1. The van der Waals surface area contributed by atoms with Gasteiger partial charge in [-0.2, -0.15) is 8.78 Å². The third-order valence-electron chi connectivity index (χ3n) is 8.88. The van der Waals surface area contributed by atoms with Crippen LogP contribution in [0.5, 0.6) is 0 Å². The van der Waals surface area contributed by atoms with Crippen LogP contribution in [-0.4, -0.2) is 106 Å². The van der Waals surface area contributed by atoms with Crippen LogP contribution in [0.2, 0.25) is 0 Å². The van der Waals surface area contributed by atoms with Crippen LogP contribution in [-0.2, 0) is 19.1 Å². The van der Waals surface area contributed by atoms with Gasteiger partial charge in [-0.15, -0.1) is 11.3 Å². The van der Waals surface area contributed by atoms with E-state index in [-0.39, 0.29) is 42.2 Å². The number of amidine groups is 1. The molecule has 2 saturated heterocycles. The Bertz CT molecular complexity index is 1640. The van der Waals surface area contributed by atoms with Crippen molar-refractivity contribution in [3.05, 3.63) is 63.0 Å². The van der Waals surface area contributed by atoms with Gasteiger partial charge in [0.25, 0.3) is 5.92 Å². The highest BCUT2D eigenvalue weighted by molar-refractivity contribution is 7.11. The third-order valence-corrected chi connectivity index (χ3v) is 9.66. The molecule has 3 atom stereocenters. The predicted molar refractivity (Wildman–Crippen MR) is 164 cm³/mol. The van der Waals surface area contributed by atoms with Crippen molar-refractivity contribution in [1.29, 1.82) is 0 Å². The van der Waals surface area contributed by atoms with Gasteiger partial charge in [-0.1, -0.05) is 12.1 Å². The van der Waals surface area contributed by atoms with Crippen molar-refractivity contribution in [3.63, 3.8) is 0 Å². The first-order chi connectivity index (χ1) is 22.6. The fourth-order valence-corrected chi connectivity index (χ4v) is 6.84. The average Bonchev–Trinajstić information content (AvgIpc) is 3.74. The van der Waals surface area contributed by atoms with E-state index in [1.807, 2.05) is 0 Å². The number of carboxylic acids is 1. The smallest absolute Gasteiger partial charge is 0.338 e. The fourth-order valence-electron chi connectivity index (χ4n) is 6.26. The third kappa shape index (κ3) is 6.67. The summed E-state index contributed by atoms with van der Waals surface area (Å²) in [4.78, 5) is 48.2. The van der Waals surface area contributed by atoms with Crippen molar-refractivity contribution >= 4 is 35.0 Å². The lowest BCUT2D eigenvalue weighted by molar-refractivity contribution is -0.168. The molecule has 3 aliphatic heterocycles. The Morgan fingerprint density at radius 1 is 1.25 bits per heavy atom. The number of thiazole rings is 1. The molecule has 260 valence electrons. The molecule has 3 aliphatic rings. The maximum absolute atomic E-state index is 16.0. The Labute approximate surface area is 277 Å². The van der Waals surface area contributed by atoms with Gasteiger partial charge in [0.1, 0.15) is 17.9 Å². The first-order valence-electron chi connectivity index (χ1n) is 15.2. The molecule has 0 bridgehead atoms. The molecule has 5 rings (SSSR count). The molecule has 1 aromatic heterocycles. The van der Waals surface area contributed by atoms with Gasteiger partial charge in [0.15, 0.2) is 10.8 Å². The Morgan fingerprint density at radius 3 is 2.60 bits per heavy atom. The first kappa shape index (κ1) is 35.3. The number of aromatic nitrogens is 1. The van der Waals surface area contributed by atoms with E-state index in [1.54, 1.807) is 18.4 Å². The number of hydrogen-bond donors (Lipinski definition) is 2. The summed E-state index contributed by atoms with van der Waals surface area (Å²) in [7, 11) is 0. The molecule has 0 aliphatic carbocycles.